The van der Waals surface area contributed by atoms with Gasteiger partial charge in [-0.25, -0.2) is 4.90 Å². The minimum absolute atomic E-state index is 0.0574. The third-order valence-corrected chi connectivity index (χ3v) is 7.33. The van der Waals surface area contributed by atoms with Gasteiger partial charge in [-0.1, -0.05) is 48.2 Å². The predicted octanol–water partition coefficient (Wildman–Crippen LogP) is 4.66. The zero-order valence-corrected chi connectivity index (χ0v) is 20.4. The largest absolute Gasteiger partial charge is 0.789 e. The predicted molar refractivity (Wildman–Crippen MR) is 131 cm³/mol. The number of hydrogen-bond donors (Lipinski definition) is 1. The van der Waals surface area contributed by atoms with Crippen molar-refractivity contribution < 1.29 is 9.69 Å². The molecule has 0 spiro atoms. The summed E-state index contributed by atoms with van der Waals surface area (Å²) in [4.78, 5) is 17.4. The van der Waals surface area contributed by atoms with Gasteiger partial charge in [-0.05, 0) is 59.1 Å². The van der Waals surface area contributed by atoms with Crippen molar-refractivity contribution in [2.75, 3.05) is 4.90 Å². The van der Waals surface area contributed by atoms with E-state index in [2.05, 4.69) is 83.1 Å². The molecule has 2 aliphatic rings. The summed E-state index contributed by atoms with van der Waals surface area (Å²) in [6, 6.07) is 8.88. The van der Waals surface area contributed by atoms with Crippen LogP contribution in [0.5, 0.6) is 0 Å². The minimum Gasteiger partial charge on any atom is -0.789 e. The zero-order chi connectivity index (χ0) is 22.4. The van der Waals surface area contributed by atoms with E-state index in [0.29, 0.717) is 5.78 Å². The third kappa shape index (κ3) is 4.08. The number of quaternary nitrogens is 1. The first-order valence-electron chi connectivity index (χ1n) is 11.4. The van der Waals surface area contributed by atoms with Crippen molar-refractivity contribution >= 4 is 29.8 Å². The Labute approximate surface area is 192 Å². The van der Waals surface area contributed by atoms with Gasteiger partial charge in [0, 0.05) is 17.0 Å². The molecule has 4 atom stereocenters. The average molecular weight is 435 g/mol. The summed E-state index contributed by atoms with van der Waals surface area (Å²) in [5, 5.41) is 0.228. The topological polar surface area (TPSA) is 24.8 Å². The van der Waals surface area contributed by atoms with E-state index in [1.807, 2.05) is 0 Å². The number of aryl methyl sites for hydroxylation is 6. The first-order chi connectivity index (χ1) is 14.7. The van der Waals surface area contributed by atoms with E-state index in [4.69, 9.17) is 12.6 Å². The highest BCUT2D eigenvalue weighted by Gasteiger charge is 2.45. The smallest absolute Gasteiger partial charge is 0.236 e. The summed E-state index contributed by atoms with van der Waals surface area (Å²) < 4.78 is 0. The van der Waals surface area contributed by atoms with Crippen molar-refractivity contribution in [3.05, 3.63) is 70.0 Å². The quantitative estimate of drug-likeness (QED) is 0.709. The number of carbonyl (C=O) groups is 1. The normalized spacial score (nSPS) is 25.5. The number of nitrogens with one attached hydrogen (secondary N) is 1. The number of rotatable bonds is 4. The Morgan fingerprint density at radius 1 is 0.903 bits per heavy atom. The molecule has 0 aromatic heterocycles. The molecule has 3 nitrogen and oxygen atoms in total. The highest BCUT2D eigenvalue weighted by Crippen LogP contribution is 2.34. The van der Waals surface area contributed by atoms with Crippen LogP contribution in [0.15, 0.2) is 36.7 Å². The SMILES string of the molecule is Cc1cc(C)c(N2C=C[NH+](c3c(C)cc(C)cc3C)C2C(=O)[C@H]2CC[C@@H]([S-])C2)c(C)c1. The van der Waals surface area contributed by atoms with Crippen LogP contribution < -0.4 is 9.80 Å². The molecule has 1 heterocycles. The van der Waals surface area contributed by atoms with Gasteiger partial charge < -0.3 is 12.6 Å². The molecule has 0 saturated heterocycles. The van der Waals surface area contributed by atoms with E-state index >= 15 is 0 Å². The van der Waals surface area contributed by atoms with Crippen LogP contribution in [0.1, 0.15) is 52.6 Å². The van der Waals surface area contributed by atoms with E-state index in [1.54, 1.807) is 0 Å². The van der Waals surface area contributed by atoms with Crippen LogP contribution in [-0.4, -0.2) is 17.2 Å². The minimum atomic E-state index is -0.287. The third-order valence-electron chi connectivity index (χ3n) is 6.90. The van der Waals surface area contributed by atoms with Crippen LogP contribution in [0.2, 0.25) is 0 Å². The fourth-order valence-electron chi connectivity index (χ4n) is 5.84. The molecule has 31 heavy (non-hydrogen) atoms. The monoisotopic (exact) mass is 434 g/mol. The van der Waals surface area contributed by atoms with Crippen LogP contribution in [0, 0.1) is 47.5 Å². The number of ketones is 1. The first kappa shape index (κ1) is 22.2. The molecule has 0 amide bonds. The van der Waals surface area contributed by atoms with Crippen molar-refractivity contribution in [3.63, 3.8) is 0 Å². The van der Waals surface area contributed by atoms with Gasteiger partial charge in [0.1, 0.15) is 11.9 Å². The second kappa shape index (κ2) is 8.48. The van der Waals surface area contributed by atoms with E-state index < -0.39 is 0 Å². The standard InChI is InChI=1S/C27H34N2OS/c1-16-11-18(3)24(19(4)12-16)28-9-10-29(25-20(5)13-17(2)14-21(25)6)27(28)26(30)22-7-8-23(31)15-22/h9-14,22-23,27,31H,7-8,15H2,1-6H3/t22-,23+/m0/s1. The van der Waals surface area contributed by atoms with E-state index in [1.165, 1.54) is 39.1 Å². The molecule has 1 aliphatic heterocycles. The van der Waals surface area contributed by atoms with Gasteiger partial charge in [0.15, 0.2) is 0 Å². The van der Waals surface area contributed by atoms with Crippen molar-refractivity contribution in [3.8, 4) is 0 Å². The fourth-order valence-corrected chi connectivity index (χ4v) is 6.21. The molecule has 1 N–H and O–H groups in total. The number of carbonyl (C=O) groups excluding carboxylic acids is 1. The summed E-state index contributed by atoms with van der Waals surface area (Å²) >= 11 is 5.54. The van der Waals surface area contributed by atoms with Gasteiger partial charge in [0.25, 0.3) is 0 Å². The Balaban J connectivity index is 1.82. The van der Waals surface area contributed by atoms with Crippen molar-refractivity contribution in [2.24, 2.45) is 5.92 Å². The van der Waals surface area contributed by atoms with Gasteiger partial charge >= 0.3 is 0 Å². The molecule has 164 valence electrons. The zero-order valence-electron chi connectivity index (χ0n) is 19.6. The van der Waals surface area contributed by atoms with Crippen LogP contribution in [0.25, 0.3) is 0 Å². The molecule has 0 bridgehead atoms. The average Bonchev–Trinajstić information content (AvgIpc) is 3.27. The van der Waals surface area contributed by atoms with Crippen LogP contribution in [0.3, 0.4) is 0 Å². The molecule has 2 aromatic rings. The van der Waals surface area contributed by atoms with Gasteiger partial charge in [-0.2, -0.15) is 5.25 Å². The van der Waals surface area contributed by atoms with Gasteiger partial charge in [-0.3, -0.25) is 9.69 Å². The lowest BCUT2D eigenvalue weighted by molar-refractivity contribution is -0.787. The van der Waals surface area contributed by atoms with Crippen LogP contribution in [-0.2, 0) is 17.4 Å². The molecule has 1 fully saturated rings. The Bertz CT molecular complexity index is 944. The molecule has 1 aliphatic carbocycles. The van der Waals surface area contributed by atoms with Gasteiger partial charge in [0.05, 0.1) is 11.9 Å². The van der Waals surface area contributed by atoms with Gasteiger partial charge in [0.2, 0.25) is 11.9 Å². The van der Waals surface area contributed by atoms with Crippen LogP contribution >= 0.6 is 0 Å². The second-order valence-corrected chi connectivity index (χ2v) is 10.3. The maximum Gasteiger partial charge on any atom is 0.236 e. The molecular weight excluding hydrogens is 400 g/mol. The highest BCUT2D eigenvalue weighted by atomic mass is 32.1. The van der Waals surface area contributed by atoms with E-state index in [9.17, 15) is 4.79 Å². The van der Waals surface area contributed by atoms with Crippen molar-refractivity contribution in [1.82, 2.24) is 0 Å². The van der Waals surface area contributed by atoms with E-state index in [-0.39, 0.29) is 17.3 Å². The van der Waals surface area contributed by atoms with Crippen LogP contribution in [0.4, 0.5) is 11.4 Å². The molecule has 4 rings (SSSR count). The molecule has 0 radical (unpaired) electrons. The fraction of sp³-hybridized carbons (Fsp3) is 0.444. The summed E-state index contributed by atoms with van der Waals surface area (Å²) in [6.45, 7) is 12.9. The van der Waals surface area contributed by atoms with Crippen molar-refractivity contribution in [2.45, 2.75) is 72.2 Å². The Hall–Kier alpha value is -2.04. The molecule has 4 heteroatoms. The van der Waals surface area contributed by atoms with Gasteiger partial charge in [-0.15, -0.1) is 0 Å². The van der Waals surface area contributed by atoms with E-state index in [0.717, 1.165) is 29.8 Å². The molecule has 2 aromatic carbocycles. The lowest BCUT2D eigenvalue weighted by Crippen LogP contribution is -3.09. The first-order valence-corrected chi connectivity index (χ1v) is 11.8. The lowest BCUT2D eigenvalue weighted by Gasteiger charge is -2.32. The number of Topliss-reactive ketones (excluding diaryl/α,β-unsaturated/α-hetero) is 1. The summed E-state index contributed by atoms with van der Waals surface area (Å²) in [5.41, 5.74) is 9.80. The maximum absolute atomic E-state index is 14.0. The maximum atomic E-state index is 14.0. The number of hydrogen-bond acceptors (Lipinski definition) is 3. The Morgan fingerprint density at radius 2 is 1.45 bits per heavy atom. The van der Waals surface area contributed by atoms with Crippen molar-refractivity contribution in [1.29, 1.82) is 0 Å². The number of benzene rings is 2. The lowest BCUT2D eigenvalue weighted by atomic mass is 9.96. The molecular formula is C27H34N2OS. The molecule has 1 saturated carbocycles. The summed E-state index contributed by atoms with van der Waals surface area (Å²) in [7, 11) is 0. The Morgan fingerprint density at radius 3 is 1.97 bits per heavy atom. The molecule has 2 unspecified atom stereocenters. The number of nitrogens with zero attached hydrogens (tertiary/aromatic N) is 1. The highest BCUT2D eigenvalue weighted by molar-refractivity contribution is 7.59. The second-order valence-electron chi connectivity index (χ2n) is 9.64. The summed E-state index contributed by atoms with van der Waals surface area (Å²) in [6.07, 6.45) is 6.75. The summed E-state index contributed by atoms with van der Waals surface area (Å²) in [5.74, 6) is 0.383. The number of anilines is 1. The Kier molecular flexibility index (Phi) is 6.06.